The van der Waals surface area contributed by atoms with E-state index >= 15 is 0 Å². The van der Waals surface area contributed by atoms with Crippen LogP contribution >= 0.6 is 27.3 Å². The number of halogens is 1. The van der Waals surface area contributed by atoms with Crippen LogP contribution in [0.5, 0.6) is 0 Å². The number of nitrogens with zero attached hydrogens (tertiary/aromatic N) is 1. The number of piperidine rings is 1. The molecule has 6 heteroatoms. The molecular formula is C11H16BrNO2S2. The third kappa shape index (κ3) is 2.59. The fourth-order valence-electron chi connectivity index (χ4n) is 2.02. The van der Waals surface area contributed by atoms with Gasteiger partial charge in [-0.15, -0.1) is 11.3 Å². The molecule has 0 aromatic carbocycles. The molecule has 0 aliphatic carbocycles. The van der Waals surface area contributed by atoms with Gasteiger partial charge >= 0.3 is 0 Å². The minimum Gasteiger partial charge on any atom is -0.206 e. The molecule has 0 amide bonds. The number of hydrogen-bond acceptors (Lipinski definition) is 3. The van der Waals surface area contributed by atoms with E-state index in [1.165, 1.54) is 11.3 Å². The highest BCUT2D eigenvalue weighted by molar-refractivity contribution is 9.10. The molecule has 0 bridgehead atoms. The van der Waals surface area contributed by atoms with E-state index in [4.69, 9.17) is 0 Å². The zero-order valence-corrected chi connectivity index (χ0v) is 13.1. The van der Waals surface area contributed by atoms with E-state index in [0.29, 0.717) is 33.6 Å². The van der Waals surface area contributed by atoms with E-state index in [2.05, 4.69) is 29.8 Å². The predicted octanol–water partition coefficient (Wildman–Crippen LogP) is 3.18. The summed E-state index contributed by atoms with van der Waals surface area (Å²) in [7, 11) is -3.30. The van der Waals surface area contributed by atoms with E-state index in [0.717, 1.165) is 6.42 Å². The van der Waals surface area contributed by atoms with Gasteiger partial charge in [0.25, 0.3) is 10.0 Å². The van der Waals surface area contributed by atoms with E-state index in [1.54, 1.807) is 15.8 Å². The van der Waals surface area contributed by atoms with Crippen molar-refractivity contribution >= 4 is 37.3 Å². The Kier molecular flexibility index (Phi) is 3.97. The van der Waals surface area contributed by atoms with E-state index in [-0.39, 0.29) is 0 Å². The number of rotatable bonds is 2. The monoisotopic (exact) mass is 337 g/mol. The Morgan fingerprint density at radius 3 is 2.65 bits per heavy atom. The molecule has 1 aromatic heterocycles. The maximum absolute atomic E-state index is 12.4. The summed E-state index contributed by atoms with van der Waals surface area (Å²) in [6.07, 6.45) is 0.948. The second kappa shape index (κ2) is 4.99. The van der Waals surface area contributed by atoms with Crippen LogP contribution in [0.3, 0.4) is 0 Å². The van der Waals surface area contributed by atoms with Gasteiger partial charge in [-0.2, -0.15) is 4.31 Å². The van der Waals surface area contributed by atoms with Gasteiger partial charge < -0.3 is 0 Å². The summed E-state index contributed by atoms with van der Waals surface area (Å²) >= 11 is 4.58. The average Bonchev–Trinajstić information content (AvgIpc) is 2.69. The Bertz CT molecular complexity index is 497. The second-order valence-corrected chi connectivity index (χ2v) is 8.57. The van der Waals surface area contributed by atoms with E-state index < -0.39 is 10.0 Å². The summed E-state index contributed by atoms with van der Waals surface area (Å²) in [5.41, 5.74) is 0. The van der Waals surface area contributed by atoms with Gasteiger partial charge in [0, 0.05) is 17.6 Å². The number of thiophene rings is 1. The van der Waals surface area contributed by atoms with Gasteiger partial charge in [-0.05, 0) is 45.6 Å². The normalized spacial score (nSPS) is 27.2. The minimum absolute atomic E-state index is 0.428. The Balaban J connectivity index is 2.26. The van der Waals surface area contributed by atoms with Crippen LogP contribution in [0.15, 0.2) is 20.1 Å². The van der Waals surface area contributed by atoms with Gasteiger partial charge in [-0.25, -0.2) is 8.42 Å². The van der Waals surface area contributed by atoms with E-state index in [1.807, 2.05) is 0 Å². The molecule has 1 fully saturated rings. The van der Waals surface area contributed by atoms with E-state index in [9.17, 15) is 8.42 Å². The van der Waals surface area contributed by atoms with Crippen LogP contribution in [0.2, 0.25) is 0 Å². The molecule has 1 aliphatic heterocycles. The van der Waals surface area contributed by atoms with Gasteiger partial charge in [0.05, 0.1) is 0 Å². The lowest BCUT2D eigenvalue weighted by molar-refractivity contribution is 0.213. The first kappa shape index (κ1) is 13.5. The van der Waals surface area contributed by atoms with Crippen molar-refractivity contribution in [3.63, 3.8) is 0 Å². The molecule has 2 atom stereocenters. The molecule has 3 nitrogen and oxygen atoms in total. The first-order chi connectivity index (χ1) is 7.93. The summed E-state index contributed by atoms with van der Waals surface area (Å²) in [5.74, 6) is 1.03. The molecule has 96 valence electrons. The molecule has 1 aliphatic rings. The van der Waals surface area contributed by atoms with Crippen molar-refractivity contribution < 1.29 is 8.42 Å². The van der Waals surface area contributed by atoms with Crippen molar-refractivity contribution in [1.29, 1.82) is 0 Å². The number of sulfonamides is 1. The van der Waals surface area contributed by atoms with Gasteiger partial charge in [-0.1, -0.05) is 13.8 Å². The Labute approximate surface area is 115 Å². The molecule has 0 spiro atoms. The van der Waals surface area contributed by atoms with Crippen molar-refractivity contribution in [3.8, 4) is 0 Å². The molecule has 2 heterocycles. The second-order valence-electron chi connectivity index (χ2n) is 4.66. The van der Waals surface area contributed by atoms with Crippen LogP contribution in [0.1, 0.15) is 20.3 Å². The summed E-state index contributed by atoms with van der Waals surface area (Å²) in [5, 5.41) is 1.80. The van der Waals surface area contributed by atoms with Crippen LogP contribution in [0.4, 0.5) is 0 Å². The zero-order chi connectivity index (χ0) is 12.6. The molecule has 0 radical (unpaired) electrons. The molecule has 2 unspecified atom stereocenters. The lowest BCUT2D eigenvalue weighted by Crippen LogP contribution is -2.41. The van der Waals surface area contributed by atoms with Crippen molar-refractivity contribution in [2.75, 3.05) is 13.1 Å². The summed E-state index contributed by atoms with van der Waals surface area (Å²) in [6, 6.07) is 1.79. The van der Waals surface area contributed by atoms with Crippen LogP contribution in [0.25, 0.3) is 0 Å². The summed E-state index contributed by atoms with van der Waals surface area (Å²) in [6.45, 7) is 5.58. The van der Waals surface area contributed by atoms with Crippen molar-refractivity contribution in [2.45, 2.75) is 24.5 Å². The fraction of sp³-hybridized carbons (Fsp3) is 0.636. The average molecular weight is 338 g/mol. The third-order valence-electron chi connectivity index (χ3n) is 3.46. The van der Waals surface area contributed by atoms with Gasteiger partial charge in [0.1, 0.15) is 4.21 Å². The maximum atomic E-state index is 12.4. The molecule has 1 aromatic rings. The van der Waals surface area contributed by atoms with Crippen LogP contribution in [-0.4, -0.2) is 25.8 Å². The quantitative estimate of drug-likeness (QED) is 0.831. The topological polar surface area (TPSA) is 37.4 Å². The molecule has 1 saturated heterocycles. The van der Waals surface area contributed by atoms with Crippen molar-refractivity contribution in [3.05, 3.63) is 15.9 Å². The molecule has 0 N–H and O–H groups in total. The molecule has 17 heavy (non-hydrogen) atoms. The lowest BCUT2D eigenvalue weighted by atomic mass is 9.90. The van der Waals surface area contributed by atoms with Gasteiger partial charge in [0.2, 0.25) is 0 Å². The van der Waals surface area contributed by atoms with Crippen molar-refractivity contribution in [1.82, 2.24) is 4.31 Å². The highest BCUT2D eigenvalue weighted by Gasteiger charge is 2.33. The SMILES string of the molecule is CC1CCN(S(=O)(=O)c2sccc2Br)CC1C. The Morgan fingerprint density at radius 2 is 2.12 bits per heavy atom. The fourth-order valence-corrected chi connectivity index (χ4v) is 6.03. The molecular weight excluding hydrogens is 322 g/mol. The summed E-state index contributed by atoms with van der Waals surface area (Å²) in [4.78, 5) is 0. The minimum atomic E-state index is -3.30. The number of hydrogen-bond donors (Lipinski definition) is 0. The van der Waals surface area contributed by atoms with Crippen LogP contribution < -0.4 is 0 Å². The van der Waals surface area contributed by atoms with Crippen molar-refractivity contribution in [2.24, 2.45) is 11.8 Å². The maximum Gasteiger partial charge on any atom is 0.253 e. The zero-order valence-electron chi connectivity index (χ0n) is 9.89. The third-order valence-corrected chi connectivity index (χ3v) is 7.97. The lowest BCUT2D eigenvalue weighted by Gasteiger charge is -2.34. The summed E-state index contributed by atoms with van der Waals surface area (Å²) < 4.78 is 27.6. The Hall–Kier alpha value is 0.0900. The highest BCUT2D eigenvalue weighted by Crippen LogP contribution is 2.33. The first-order valence-electron chi connectivity index (χ1n) is 5.66. The predicted molar refractivity (Wildman–Crippen MR) is 73.7 cm³/mol. The Morgan fingerprint density at radius 1 is 1.41 bits per heavy atom. The first-order valence-corrected chi connectivity index (χ1v) is 8.77. The molecule has 2 rings (SSSR count). The highest BCUT2D eigenvalue weighted by atomic mass is 79.9. The van der Waals surface area contributed by atoms with Gasteiger partial charge in [0.15, 0.2) is 0 Å². The van der Waals surface area contributed by atoms with Crippen LogP contribution in [0, 0.1) is 11.8 Å². The van der Waals surface area contributed by atoms with Crippen LogP contribution in [-0.2, 0) is 10.0 Å². The van der Waals surface area contributed by atoms with Gasteiger partial charge in [-0.3, -0.25) is 0 Å². The smallest absolute Gasteiger partial charge is 0.206 e. The largest absolute Gasteiger partial charge is 0.253 e. The standard InChI is InChI=1S/C11H16BrNO2S2/c1-8-3-5-13(7-9(8)2)17(14,15)11-10(12)4-6-16-11/h4,6,8-9H,3,5,7H2,1-2H3. The molecule has 0 saturated carbocycles.